The maximum absolute atomic E-state index is 12.8. The molecule has 6 rings (SSSR count). The van der Waals surface area contributed by atoms with Crippen molar-refractivity contribution in [3.63, 3.8) is 0 Å². The second kappa shape index (κ2) is 7.27. The number of allylic oxidation sites excluding steroid dienone is 2. The van der Waals surface area contributed by atoms with Crippen LogP contribution in [0.1, 0.15) is 6.42 Å². The zero-order valence-electron chi connectivity index (χ0n) is 16.9. The molecular formula is C24H19N3O4S. The van der Waals surface area contributed by atoms with Gasteiger partial charge >= 0.3 is 0 Å². The average Bonchev–Trinajstić information content (AvgIpc) is 3.54. The van der Waals surface area contributed by atoms with E-state index in [1.54, 1.807) is 0 Å². The summed E-state index contributed by atoms with van der Waals surface area (Å²) in [4.78, 5) is 43.7. The number of aromatic nitrogens is 1. The Labute approximate surface area is 187 Å². The topological polar surface area (TPSA) is 88.6 Å². The summed E-state index contributed by atoms with van der Waals surface area (Å²) in [5, 5.41) is 3.16. The Bertz CT molecular complexity index is 1250. The van der Waals surface area contributed by atoms with Crippen molar-refractivity contribution >= 4 is 44.4 Å². The quantitative estimate of drug-likeness (QED) is 0.476. The van der Waals surface area contributed by atoms with Gasteiger partial charge in [0.25, 0.3) is 0 Å². The number of imide groups is 1. The zero-order valence-corrected chi connectivity index (χ0v) is 17.7. The number of amides is 3. The number of para-hydroxylation sites is 1. The van der Waals surface area contributed by atoms with Crippen LogP contribution in [0.3, 0.4) is 0 Å². The van der Waals surface area contributed by atoms with Crippen LogP contribution in [0.25, 0.3) is 10.2 Å². The van der Waals surface area contributed by atoms with E-state index in [0.29, 0.717) is 10.9 Å². The molecule has 1 saturated carbocycles. The van der Waals surface area contributed by atoms with E-state index in [0.717, 1.165) is 27.3 Å². The first-order valence-electron chi connectivity index (χ1n) is 10.5. The summed E-state index contributed by atoms with van der Waals surface area (Å²) in [5.74, 6) is 0.208. The molecule has 2 heterocycles. The van der Waals surface area contributed by atoms with E-state index in [1.165, 1.54) is 11.3 Å². The number of fused-ring (bicyclic) bond motifs is 6. The Hall–Kier alpha value is -3.52. The molecule has 2 bridgehead atoms. The SMILES string of the molecule is O=C(CN1C(=O)C2C3C=CC(C3)C2C1=O)Nc1nc2ccc(Oc3ccccc3)cc2s1. The van der Waals surface area contributed by atoms with Crippen LogP contribution in [0.5, 0.6) is 11.5 Å². The van der Waals surface area contributed by atoms with Gasteiger partial charge in [-0.05, 0) is 42.5 Å². The summed E-state index contributed by atoms with van der Waals surface area (Å²) in [6.45, 7) is -0.275. The van der Waals surface area contributed by atoms with Crippen molar-refractivity contribution in [3.8, 4) is 11.5 Å². The highest BCUT2D eigenvalue weighted by Gasteiger charge is 2.59. The summed E-state index contributed by atoms with van der Waals surface area (Å²) >= 11 is 1.32. The molecule has 2 aromatic carbocycles. The fourth-order valence-electron chi connectivity index (χ4n) is 5.07. The first kappa shape index (κ1) is 19.2. The Morgan fingerprint density at radius 1 is 1.03 bits per heavy atom. The molecule has 1 aliphatic heterocycles. The molecule has 8 heteroatoms. The molecule has 160 valence electrons. The summed E-state index contributed by atoms with van der Waals surface area (Å²) in [5.41, 5.74) is 0.733. The van der Waals surface area contributed by atoms with Crippen LogP contribution < -0.4 is 10.1 Å². The number of nitrogens with zero attached hydrogens (tertiary/aromatic N) is 2. The van der Waals surface area contributed by atoms with Crippen LogP contribution in [0.4, 0.5) is 5.13 Å². The molecule has 2 aliphatic carbocycles. The number of rotatable bonds is 5. The van der Waals surface area contributed by atoms with E-state index >= 15 is 0 Å². The lowest BCUT2D eigenvalue weighted by atomic mass is 9.85. The van der Waals surface area contributed by atoms with Crippen molar-refractivity contribution in [2.75, 3.05) is 11.9 Å². The highest BCUT2D eigenvalue weighted by atomic mass is 32.1. The fraction of sp³-hybridized carbons (Fsp3) is 0.250. The van der Waals surface area contributed by atoms with Gasteiger partial charge in [0.05, 0.1) is 22.1 Å². The van der Waals surface area contributed by atoms with Crippen LogP contribution in [0.15, 0.2) is 60.7 Å². The van der Waals surface area contributed by atoms with Crippen LogP contribution in [0, 0.1) is 23.7 Å². The average molecular weight is 446 g/mol. The number of likely N-dealkylation sites (tertiary alicyclic amines) is 1. The smallest absolute Gasteiger partial charge is 0.246 e. The van der Waals surface area contributed by atoms with Gasteiger partial charge in [-0.3, -0.25) is 19.3 Å². The molecule has 4 unspecified atom stereocenters. The molecule has 2 fully saturated rings. The number of carbonyl (C=O) groups excluding carboxylic acids is 3. The minimum atomic E-state index is -0.424. The Kier molecular flexibility index (Phi) is 4.36. The third-order valence-electron chi connectivity index (χ3n) is 6.45. The molecule has 4 atom stereocenters. The van der Waals surface area contributed by atoms with E-state index in [1.807, 2.05) is 60.7 Å². The van der Waals surface area contributed by atoms with Crippen molar-refractivity contribution in [1.29, 1.82) is 0 Å². The van der Waals surface area contributed by atoms with Crippen molar-refractivity contribution in [3.05, 3.63) is 60.7 Å². The number of thiazole rings is 1. The fourth-order valence-corrected chi connectivity index (χ4v) is 5.98. The third kappa shape index (κ3) is 3.10. The van der Waals surface area contributed by atoms with Gasteiger partial charge in [0.15, 0.2) is 5.13 Å². The van der Waals surface area contributed by atoms with E-state index in [-0.39, 0.29) is 42.0 Å². The molecule has 1 N–H and O–H groups in total. The number of ether oxygens (including phenoxy) is 1. The normalized spacial score (nSPS) is 25.6. The number of anilines is 1. The lowest BCUT2D eigenvalue weighted by Crippen LogP contribution is -2.39. The van der Waals surface area contributed by atoms with E-state index in [4.69, 9.17) is 4.74 Å². The summed E-state index contributed by atoms with van der Waals surface area (Å²) in [6, 6.07) is 15.0. The molecule has 0 radical (unpaired) electrons. The molecular weight excluding hydrogens is 426 g/mol. The molecule has 3 aromatic rings. The van der Waals surface area contributed by atoms with Crippen LogP contribution >= 0.6 is 11.3 Å². The third-order valence-corrected chi connectivity index (χ3v) is 7.38. The Morgan fingerprint density at radius 3 is 2.47 bits per heavy atom. The highest BCUT2D eigenvalue weighted by molar-refractivity contribution is 7.22. The molecule has 3 aliphatic rings. The minimum Gasteiger partial charge on any atom is -0.457 e. The van der Waals surface area contributed by atoms with E-state index < -0.39 is 5.91 Å². The number of carbonyl (C=O) groups is 3. The van der Waals surface area contributed by atoms with Crippen LogP contribution in [-0.2, 0) is 14.4 Å². The molecule has 3 amide bonds. The van der Waals surface area contributed by atoms with E-state index in [9.17, 15) is 14.4 Å². The largest absolute Gasteiger partial charge is 0.457 e. The van der Waals surface area contributed by atoms with Crippen molar-refractivity contribution < 1.29 is 19.1 Å². The van der Waals surface area contributed by atoms with Gasteiger partial charge in [0.2, 0.25) is 17.7 Å². The molecule has 1 aromatic heterocycles. The lowest BCUT2D eigenvalue weighted by Gasteiger charge is -2.16. The monoisotopic (exact) mass is 445 g/mol. The zero-order chi connectivity index (χ0) is 21.8. The number of hydrogen-bond donors (Lipinski definition) is 1. The predicted octanol–water partition coefficient (Wildman–Crippen LogP) is 3.83. The van der Waals surface area contributed by atoms with Crippen LogP contribution in [0.2, 0.25) is 0 Å². The number of nitrogens with one attached hydrogen (secondary N) is 1. The van der Waals surface area contributed by atoms with Gasteiger partial charge in [0.1, 0.15) is 18.0 Å². The van der Waals surface area contributed by atoms with Crippen molar-refractivity contribution in [1.82, 2.24) is 9.88 Å². The van der Waals surface area contributed by atoms with Gasteiger partial charge in [0, 0.05) is 6.07 Å². The van der Waals surface area contributed by atoms with Gasteiger partial charge in [-0.25, -0.2) is 4.98 Å². The Balaban J connectivity index is 1.14. The second-order valence-electron chi connectivity index (χ2n) is 8.37. The molecule has 0 spiro atoms. The van der Waals surface area contributed by atoms with Gasteiger partial charge < -0.3 is 10.1 Å². The summed E-state index contributed by atoms with van der Waals surface area (Å²) < 4.78 is 6.71. The minimum absolute atomic E-state index is 0.131. The van der Waals surface area contributed by atoms with Gasteiger partial charge in [-0.1, -0.05) is 41.7 Å². The first-order chi connectivity index (χ1) is 15.6. The molecule has 32 heavy (non-hydrogen) atoms. The summed E-state index contributed by atoms with van der Waals surface area (Å²) in [6.07, 6.45) is 4.95. The van der Waals surface area contributed by atoms with Gasteiger partial charge in [-0.15, -0.1) is 0 Å². The van der Waals surface area contributed by atoms with Crippen LogP contribution in [-0.4, -0.2) is 34.2 Å². The predicted molar refractivity (Wildman–Crippen MR) is 119 cm³/mol. The first-order valence-corrected chi connectivity index (χ1v) is 11.4. The summed E-state index contributed by atoms with van der Waals surface area (Å²) in [7, 11) is 0. The standard InChI is InChI=1S/C24H19N3O4S/c28-19(12-27-22(29)20-13-6-7-14(10-13)21(20)23(27)30)26-24-25-17-9-8-16(11-18(17)32-24)31-15-4-2-1-3-5-15/h1-9,11,13-14,20-21H,10,12H2,(H,25,26,28). The lowest BCUT2D eigenvalue weighted by molar-refractivity contribution is -0.143. The Morgan fingerprint density at radius 2 is 1.75 bits per heavy atom. The maximum Gasteiger partial charge on any atom is 0.246 e. The molecule has 1 saturated heterocycles. The van der Waals surface area contributed by atoms with E-state index in [2.05, 4.69) is 10.3 Å². The number of hydrogen-bond acceptors (Lipinski definition) is 6. The number of benzene rings is 2. The second-order valence-corrected chi connectivity index (χ2v) is 9.40. The molecule has 7 nitrogen and oxygen atoms in total. The highest BCUT2D eigenvalue weighted by Crippen LogP contribution is 2.52. The van der Waals surface area contributed by atoms with Gasteiger partial charge in [-0.2, -0.15) is 0 Å². The van der Waals surface area contributed by atoms with Crippen molar-refractivity contribution in [2.45, 2.75) is 6.42 Å². The van der Waals surface area contributed by atoms with Crippen molar-refractivity contribution in [2.24, 2.45) is 23.7 Å². The maximum atomic E-state index is 12.8.